The molecule has 3 rings (SSSR count). The second-order valence-corrected chi connectivity index (χ2v) is 8.78. The van der Waals surface area contributed by atoms with Crippen molar-refractivity contribution in [3.8, 4) is 17.6 Å². The molecule has 3 aromatic carbocycles. The Hall–Kier alpha value is -3.56. The van der Waals surface area contributed by atoms with Gasteiger partial charge in [0, 0.05) is 5.69 Å². The molecule has 0 aliphatic rings. The van der Waals surface area contributed by atoms with E-state index in [4.69, 9.17) is 9.47 Å². The first-order valence-corrected chi connectivity index (χ1v) is 11.8. The van der Waals surface area contributed by atoms with E-state index in [0.29, 0.717) is 40.4 Å². The fraction of sp³-hybridized carbons (Fsp3) is 0.214. The molecule has 1 amide bonds. The molecule has 0 radical (unpaired) electrons. The number of carbonyl (C=O) groups is 1. The van der Waals surface area contributed by atoms with Crippen molar-refractivity contribution in [3.05, 3.63) is 92.5 Å². The summed E-state index contributed by atoms with van der Waals surface area (Å²) in [7, 11) is 0. The molecule has 0 aromatic heterocycles. The summed E-state index contributed by atoms with van der Waals surface area (Å²) in [6, 6.07) is 19.5. The fourth-order valence-corrected chi connectivity index (χ4v) is 4.00. The van der Waals surface area contributed by atoms with Gasteiger partial charge in [-0.05, 0) is 84.1 Å². The topological polar surface area (TPSA) is 71.3 Å². The van der Waals surface area contributed by atoms with Crippen LogP contribution in [0.15, 0.2) is 64.6 Å². The van der Waals surface area contributed by atoms with Gasteiger partial charge in [0.2, 0.25) is 0 Å². The van der Waals surface area contributed by atoms with Crippen LogP contribution in [0, 0.1) is 32.1 Å². The number of nitrogens with one attached hydrogen (secondary N) is 1. The van der Waals surface area contributed by atoms with Crippen molar-refractivity contribution in [1.82, 2.24) is 0 Å². The van der Waals surface area contributed by atoms with Gasteiger partial charge in [-0.2, -0.15) is 5.26 Å². The van der Waals surface area contributed by atoms with Crippen molar-refractivity contribution in [1.29, 1.82) is 5.26 Å². The van der Waals surface area contributed by atoms with Gasteiger partial charge in [0.15, 0.2) is 11.5 Å². The molecule has 0 aliphatic carbocycles. The minimum atomic E-state index is -0.464. The third-order valence-corrected chi connectivity index (χ3v) is 5.82. The molecule has 6 heteroatoms. The Morgan fingerprint density at radius 3 is 2.35 bits per heavy atom. The molecule has 0 unspecified atom stereocenters. The van der Waals surface area contributed by atoms with Crippen LogP contribution in [-0.4, -0.2) is 12.5 Å². The number of amides is 1. The molecule has 0 saturated carbocycles. The minimum Gasteiger partial charge on any atom is -0.490 e. The van der Waals surface area contributed by atoms with E-state index in [0.717, 1.165) is 16.7 Å². The molecule has 0 bridgehead atoms. The molecule has 5 nitrogen and oxygen atoms in total. The Labute approximate surface area is 209 Å². The second kappa shape index (κ2) is 11.5. The molecule has 0 fully saturated rings. The minimum absolute atomic E-state index is 0.00896. The van der Waals surface area contributed by atoms with Crippen LogP contribution in [0.1, 0.15) is 34.7 Å². The van der Waals surface area contributed by atoms with E-state index in [1.807, 2.05) is 76.2 Å². The van der Waals surface area contributed by atoms with Crippen molar-refractivity contribution < 1.29 is 14.3 Å². The number of hydrogen-bond donors (Lipinski definition) is 1. The number of nitrogens with zero attached hydrogens (tertiary/aromatic N) is 1. The van der Waals surface area contributed by atoms with Crippen molar-refractivity contribution >= 4 is 33.6 Å². The third-order valence-electron chi connectivity index (χ3n) is 5.23. The molecule has 0 spiro atoms. The number of anilines is 1. The summed E-state index contributed by atoms with van der Waals surface area (Å²) in [4.78, 5) is 12.8. The molecule has 174 valence electrons. The number of para-hydroxylation sites is 1. The summed E-state index contributed by atoms with van der Waals surface area (Å²) >= 11 is 3.56. The maximum absolute atomic E-state index is 12.8. The van der Waals surface area contributed by atoms with Crippen LogP contribution in [0.4, 0.5) is 5.69 Å². The number of aryl methyl sites for hydroxylation is 3. The standard InChI is InChI=1S/C28H27BrN2O3/c1-5-33-25-15-22(14-24(29)27(25)34-17-21-11-9-18(2)10-12-21)13-23(16-30)28(32)31-26-19(3)7-6-8-20(26)4/h6-15H,5,17H2,1-4H3,(H,31,32)/b23-13-. The van der Waals surface area contributed by atoms with Crippen LogP contribution in [-0.2, 0) is 11.4 Å². The number of benzene rings is 3. The van der Waals surface area contributed by atoms with Crippen LogP contribution in [0.3, 0.4) is 0 Å². The Balaban J connectivity index is 1.86. The highest BCUT2D eigenvalue weighted by Crippen LogP contribution is 2.38. The lowest BCUT2D eigenvalue weighted by Crippen LogP contribution is -2.15. The van der Waals surface area contributed by atoms with Gasteiger partial charge in [0.1, 0.15) is 18.2 Å². The van der Waals surface area contributed by atoms with Crippen LogP contribution >= 0.6 is 15.9 Å². The van der Waals surface area contributed by atoms with E-state index in [2.05, 4.69) is 21.2 Å². The Kier molecular flexibility index (Phi) is 8.50. The third kappa shape index (κ3) is 6.27. The highest BCUT2D eigenvalue weighted by Gasteiger charge is 2.16. The Morgan fingerprint density at radius 2 is 1.74 bits per heavy atom. The second-order valence-electron chi connectivity index (χ2n) is 7.93. The average Bonchev–Trinajstić information content (AvgIpc) is 2.80. The van der Waals surface area contributed by atoms with Crippen molar-refractivity contribution in [3.63, 3.8) is 0 Å². The zero-order chi connectivity index (χ0) is 24.7. The maximum atomic E-state index is 12.8. The quantitative estimate of drug-likeness (QED) is 0.260. The number of ether oxygens (including phenoxy) is 2. The number of hydrogen-bond acceptors (Lipinski definition) is 4. The summed E-state index contributed by atoms with van der Waals surface area (Å²) in [5.41, 5.74) is 5.44. The predicted octanol–water partition coefficient (Wildman–Crippen LogP) is 6.90. The van der Waals surface area contributed by atoms with E-state index in [-0.39, 0.29) is 5.57 Å². The normalized spacial score (nSPS) is 11.0. The first-order chi connectivity index (χ1) is 16.3. The molecular formula is C28H27BrN2O3. The summed E-state index contributed by atoms with van der Waals surface area (Å²) < 4.78 is 12.5. The highest BCUT2D eigenvalue weighted by molar-refractivity contribution is 9.10. The van der Waals surface area contributed by atoms with Crippen molar-refractivity contribution in [2.24, 2.45) is 0 Å². The predicted molar refractivity (Wildman–Crippen MR) is 139 cm³/mol. The molecule has 1 N–H and O–H groups in total. The number of halogens is 1. The molecule has 0 aliphatic heterocycles. The van der Waals surface area contributed by atoms with E-state index >= 15 is 0 Å². The lowest BCUT2D eigenvalue weighted by Gasteiger charge is -2.15. The Bertz CT molecular complexity index is 1240. The smallest absolute Gasteiger partial charge is 0.266 e. The van der Waals surface area contributed by atoms with Gasteiger partial charge < -0.3 is 14.8 Å². The van der Waals surface area contributed by atoms with Crippen LogP contribution < -0.4 is 14.8 Å². The van der Waals surface area contributed by atoms with E-state index in [1.54, 1.807) is 18.2 Å². The summed E-state index contributed by atoms with van der Waals surface area (Å²) in [5, 5.41) is 12.5. The van der Waals surface area contributed by atoms with E-state index in [1.165, 1.54) is 5.56 Å². The zero-order valence-corrected chi connectivity index (χ0v) is 21.3. The Morgan fingerprint density at radius 1 is 1.06 bits per heavy atom. The number of rotatable bonds is 8. The first kappa shape index (κ1) is 25.1. The largest absolute Gasteiger partial charge is 0.490 e. The first-order valence-electron chi connectivity index (χ1n) is 11.0. The van der Waals surface area contributed by atoms with Gasteiger partial charge in [-0.1, -0.05) is 48.0 Å². The van der Waals surface area contributed by atoms with Gasteiger partial charge in [-0.15, -0.1) is 0 Å². The van der Waals surface area contributed by atoms with Crippen LogP contribution in [0.5, 0.6) is 11.5 Å². The molecule has 0 atom stereocenters. The SMILES string of the molecule is CCOc1cc(/C=C(/C#N)C(=O)Nc2c(C)cccc2C)cc(Br)c1OCc1ccc(C)cc1. The summed E-state index contributed by atoms with van der Waals surface area (Å²) in [6.45, 7) is 8.59. The van der Waals surface area contributed by atoms with E-state index < -0.39 is 5.91 Å². The zero-order valence-electron chi connectivity index (χ0n) is 19.7. The number of carbonyl (C=O) groups excluding carboxylic acids is 1. The summed E-state index contributed by atoms with van der Waals surface area (Å²) in [5.74, 6) is 0.634. The van der Waals surface area contributed by atoms with Crippen LogP contribution in [0.2, 0.25) is 0 Å². The van der Waals surface area contributed by atoms with Crippen LogP contribution in [0.25, 0.3) is 6.08 Å². The summed E-state index contributed by atoms with van der Waals surface area (Å²) in [6.07, 6.45) is 1.54. The molecule has 0 heterocycles. The van der Waals surface area contributed by atoms with Gasteiger partial charge in [-0.3, -0.25) is 4.79 Å². The van der Waals surface area contributed by atoms with Crippen molar-refractivity contribution in [2.75, 3.05) is 11.9 Å². The van der Waals surface area contributed by atoms with Gasteiger partial charge in [0.25, 0.3) is 5.91 Å². The monoisotopic (exact) mass is 518 g/mol. The lowest BCUT2D eigenvalue weighted by molar-refractivity contribution is -0.112. The number of nitriles is 1. The lowest BCUT2D eigenvalue weighted by atomic mass is 10.1. The maximum Gasteiger partial charge on any atom is 0.266 e. The fourth-order valence-electron chi connectivity index (χ4n) is 3.42. The molecule has 34 heavy (non-hydrogen) atoms. The van der Waals surface area contributed by atoms with Gasteiger partial charge in [0.05, 0.1) is 11.1 Å². The van der Waals surface area contributed by atoms with Gasteiger partial charge in [-0.25, -0.2) is 0 Å². The highest BCUT2D eigenvalue weighted by atomic mass is 79.9. The van der Waals surface area contributed by atoms with E-state index in [9.17, 15) is 10.1 Å². The molecule has 0 saturated heterocycles. The van der Waals surface area contributed by atoms with Gasteiger partial charge >= 0.3 is 0 Å². The average molecular weight is 519 g/mol. The molecule has 3 aromatic rings. The molecular weight excluding hydrogens is 492 g/mol. The van der Waals surface area contributed by atoms with Crippen molar-refractivity contribution in [2.45, 2.75) is 34.3 Å².